The zero-order valence-corrected chi connectivity index (χ0v) is 12.5. The van der Waals surface area contributed by atoms with Gasteiger partial charge in [-0.1, -0.05) is 6.92 Å². The topological polar surface area (TPSA) is 72.4 Å². The van der Waals surface area contributed by atoms with Crippen LogP contribution in [0.15, 0.2) is 12.4 Å². The highest BCUT2D eigenvalue weighted by atomic mass is 32.2. The van der Waals surface area contributed by atoms with E-state index in [1.54, 1.807) is 0 Å². The zero-order chi connectivity index (χ0) is 14.3. The minimum Gasteiger partial charge on any atom is -0.340 e. The van der Waals surface area contributed by atoms with Crippen LogP contribution in [0.25, 0.3) is 0 Å². The number of hydrogen-bond donors (Lipinski definition) is 0. The van der Waals surface area contributed by atoms with Crippen molar-refractivity contribution < 1.29 is 12.6 Å². The van der Waals surface area contributed by atoms with Crippen molar-refractivity contribution in [2.75, 3.05) is 30.9 Å². The van der Waals surface area contributed by atoms with Crippen LogP contribution in [0.1, 0.15) is 12.5 Å². The Bertz CT molecular complexity index is 575. The van der Waals surface area contributed by atoms with E-state index in [-0.39, 0.29) is 0 Å². The number of rotatable bonds is 5. The Hall–Kier alpha value is -1.21. The van der Waals surface area contributed by atoms with Crippen LogP contribution in [-0.2, 0) is 20.7 Å². The molecule has 1 saturated carbocycles. The van der Waals surface area contributed by atoms with E-state index in [0.717, 1.165) is 37.3 Å². The van der Waals surface area contributed by atoms with Crippen molar-refractivity contribution in [3.63, 3.8) is 0 Å². The van der Waals surface area contributed by atoms with Crippen LogP contribution in [0.3, 0.4) is 0 Å². The molecule has 3 atom stereocenters. The summed E-state index contributed by atoms with van der Waals surface area (Å²) in [5.74, 6) is 2.19. The van der Waals surface area contributed by atoms with E-state index >= 15 is 0 Å². The van der Waals surface area contributed by atoms with Gasteiger partial charge < -0.3 is 4.90 Å². The number of fused-ring (bicyclic) bond motifs is 1. The lowest BCUT2D eigenvalue weighted by molar-refractivity contribution is 0.289. The van der Waals surface area contributed by atoms with E-state index in [4.69, 9.17) is 4.18 Å². The molecule has 20 heavy (non-hydrogen) atoms. The first-order valence-corrected chi connectivity index (χ1v) is 8.70. The first-order valence-electron chi connectivity index (χ1n) is 6.88. The monoisotopic (exact) mass is 297 g/mol. The highest BCUT2D eigenvalue weighted by Gasteiger charge is 2.56. The Kier molecular flexibility index (Phi) is 3.41. The molecule has 0 radical (unpaired) electrons. The fraction of sp³-hybridized carbons (Fsp3) is 0.692. The largest absolute Gasteiger partial charge is 0.340 e. The Morgan fingerprint density at radius 2 is 1.90 bits per heavy atom. The summed E-state index contributed by atoms with van der Waals surface area (Å²) in [6.07, 6.45) is 5.78. The van der Waals surface area contributed by atoms with Gasteiger partial charge >= 0.3 is 0 Å². The molecule has 110 valence electrons. The van der Waals surface area contributed by atoms with Gasteiger partial charge in [-0.25, -0.2) is 9.97 Å². The summed E-state index contributed by atoms with van der Waals surface area (Å²) in [6.45, 7) is 4.19. The van der Waals surface area contributed by atoms with E-state index in [1.165, 1.54) is 0 Å². The summed E-state index contributed by atoms with van der Waals surface area (Å²) in [7, 11) is -3.32. The van der Waals surface area contributed by atoms with E-state index in [9.17, 15) is 8.42 Å². The van der Waals surface area contributed by atoms with Crippen LogP contribution in [0, 0.1) is 17.8 Å². The fourth-order valence-electron chi connectivity index (χ4n) is 2.96. The molecule has 0 spiro atoms. The third-order valence-electron chi connectivity index (χ3n) is 4.23. The average molecular weight is 297 g/mol. The van der Waals surface area contributed by atoms with Gasteiger partial charge in [-0.3, -0.25) is 4.18 Å². The van der Waals surface area contributed by atoms with E-state index in [1.807, 2.05) is 12.4 Å². The van der Waals surface area contributed by atoms with Gasteiger partial charge in [0.15, 0.2) is 0 Å². The lowest BCUT2D eigenvalue weighted by Crippen LogP contribution is -2.27. The van der Waals surface area contributed by atoms with Gasteiger partial charge in [0.2, 0.25) is 5.95 Å². The molecule has 2 heterocycles. The minimum atomic E-state index is -3.32. The van der Waals surface area contributed by atoms with E-state index in [0.29, 0.717) is 24.4 Å². The van der Waals surface area contributed by atoms with Crippen molar-refractivity contribution in [3.05, 3.63) is 18.0 Å². The predicted octanol–water partition coefficient (Wildman–Crippen LogP) is 0.697. The van der Waals surface area contributed by atoms with Crippen molar-refractivity contribution >= 4 is 16.1 Å². The molecule has 2 aliphatic rings. The quantitative estimate of drug-likeness (QED) is 0.745. The Morgan fingerprint density at radius 3 is 2.40 bits per heavy atom. The fourth-order valence-corrected chi connectivity index (χ4v) is 3.36. The molecule has 1 saturated heterocycles. The number of aromatic nitrogens is 2. The first kappa shape index (κ1) is 13.8. The second-order valence-corrected chi connectivity index (χ2v) is 7.27. The molecule has 0 N–H and O–H groups in total. The molecule has 1 aromatic heterocycles. The number of anilines is 1. The van der Waals surface area contributed by atoms with Crippen molar-refractivity contribution in [2.24, 2.45) is 17.8 Å². The lowest BCUT2D eigenvalue weighted by Gasteiger charge is -2.19. The second kappa shape index (κ2) is 4.96. The maximum absolute atomic E-state index is 11.0. The molecule has 3 rings (SSSR count). The van der Waals surface area contributed by atoms with Crippen LogP contribution >= 0.6 is 0 Å². The van der Waals surface area contributed by atoms with Crippen molar-refractivity contribution in [3.8, 4) is 0 Å². The molecular formula is C13H19N3O3S. The summed E-state index contributed by atoms with van der Waals surface area (Å²) >= 11 is 0. The Balaban J connectivity index is 1.53. The van der Waals surface area contributed by atoms with E-state index in [2.05, 4.69) is 21.8 Å². The molecule has 7 heteroatoms. The third kappa shape index (κ3) is 2.78. The van der Waals surface area contributed by atoms with Crippen LogP contribution in [0.4, 0.5) is 5.95 Å². The van der Waals surface area contributed by atoms with Gasteiger partial charge in [-0.2, -0.15) is 8.42 Å². The lowest BCUT2D eigenvalue weighted by atomic mass is 10.3. The summed E-state index contributed by atoms with van der Waals surface area (Å²) < 4.78 is 26.8. The van der Waals surface area contributed by atoms with Gasteiger partial charge in [-0.05, 0) is 29.7 Å². The second-order valence-electron chi connectivity index (χ2n) is 5.63. The van der Waals surface area contributed by atoms with Gasteiger partial charge in [0.25, 0.3) is 10.1 Å². The highest BCUT2D eigenvalue weighted by Crippen LogP contribution is 2.52. The van der Waals surface area contributed by atoms with Crippen molar-refractivity contribution in [1.29, 1.82) is 0 Å². The summed E-state index contributed by atoms with van der Waals surface area (Å²) in [4.78, 5) is 10.9. The number of piperidine rings is 1. The SMILES string of the molecule is CCc1cnc(N2CC3C(COS(C)(=O)=O)[C@@H]3C2)nc1. The zero-order valence-electron chi connectivity index (χ0n) is 11.7. The van der Waals surface area contributed by atoms with Crippen molar-refractivity contribution in [2.45, 2.75) is 13.3 Å². The van der Waals surface area contributed by atoms with Gasteiger partial charge in [0.05, 0.1) is 12.9 Å². The molecule has 2 unspecified atom stereocenters. The first-order chi connectivity index (χ1) is 9.48. The van der Waals surface area contributed by atoms with E-state index < -0.39 is 10.1 Å². The number of hydrogen-bond acceptors (Lipinski definition) is 6. The van der Waals surface area contributed by atoms with Crippen LogP contribution in [-0.4, -0.2) is 44.3 Å². The maximum atomic E-state index is 11.0. The average Bonchev–Trinajstić information content (AvgIpc) is 2.87. The molecule has 0 bridgehead atoms. The Labute approximate surface area is 119 Å². The third-order valence-corrected chi connectivity index (χ3v) is 4.79. The predicted molar refractivity (Wildman–Crippen MR) is 74.9 cm³/mol. The smallest absolute Gasteiger partial charge is 0.264 e. The minimum absolute atomic E-state index is 0.317. The highest BCUT2D eigenvalue weighted by molar-refractivity contribution is 7.85. The normalized spacial score (nSPS) is 28.5. The summed E-state index contributed by atoms with van der Waals surface area (Å²) in [6, 6.07) is 0. The molecule has 0 aromatic carbocycles. The standard InChI is InChI=1S/C13H19N3O3S/c1-3-9-4-14-13(15-5-9)16-6-10-11(7-16)12(10)8-19-20(2,17)18/h4-5,10-12H,3,6-8H2,1-2H3/t10-,11?,12?/m1/s1. The summed E-state index contributed by atoms with van der Waals surface area (Å²) in [5.41, 5.74) is 1.14. The molecule has 6 nitrogen and oxygen atoms in total. The number of nitrogens with zero attached hydrogens (tertiary/aromatic N) is 3. The molecule has 1 aliphatic carbocycles. The Morgan fingerprint density at radius 1 is 1.30 bits per heavy atom. The van der Waals surface area contributed by atoms with Crippen LogP contribution < -0.4 is 4.90 Å². The molecule has 1 aromatic rings. The molecule has 2 fully saturated rings. The summed E-state index contributed by atoms with van der Waals surface area (Å²) in [5, 5.41) is 0. The van der Waals surface area contributed by atoms with Gasteiger partial charge in [0.1, 0.15) is 0 Å². The van der Waals surface area contributed by atoms with Gasteiger partial charge in [-0.15, -0.1) is 0 Å². The molecular weight excluding hydrogens is 278 g/mol. The molecule has 0 amide bonds. The molecule has 1 aliphatic heterocycles. The van der Waals surface area contributed by atoms with Crippen LogP contribution in [0.5, 0.6) is 0 Å². The van der Waals surface area contributed by atoms with Gasteiger partial charge in [0, 0.05) is 25.5 Å². The van der Waals surface area contributed by atoms with Crippen LogP contribution in [0.2, 0.25) is 0 Å². The van der Waals surface area contributed by atoms with Crippen molar-refractivity contribution in [1.82, 2.24) is 9.97 Å². The maximum Gasteiger partial charge on any atom is 0.264 e. The number of aryl methyl sites for hydroxylation is 1.